The summed E-state index contributed by atoms with van der Waals surface area (Å²) in [5.74, 6) is 0.498. The summed E-state index contributed by atoms with van der Waals surface area (Å²) >= 11 is 6.46. The van der Waals surface area contributed by atoms with Gasteiger partial charge >= 0.3 is 0 Å². The maximum atomic E-state index is 9.82. The van der Waals surface area contributed by atoms with Crippen molar-refractivity contribution >= 4 is 11.6 Å². The van der Waals surface area contributed by atoms with Crippen LogP contribution in [0.1, 0.15) is 22.6 Å². The summed E-state index contributed by atoms with van der Waals surface area (Å²) in [5, 5.41) is 28.2. The van der Waals surface area contributed by atoms with E-state index in [9.17, 15) is 10.2 Å². The molecule has 3 N–H and O–H groups in total. The molecule has 0 saturated heterocycles. The molecule has 1 aromatic heterocycles. The van der Waals surface area contributed by atoms with Gasteiger partial charge in [0, 0.05) is 29.1 Å². The van der Waals surface area contributed by atoms with E-state index in [-0.39, 0.29) is 30.3 Å². The molecule has 6 nitrogen and oxygen atoms in total. The van der Waals surface area contributed by atoms with Crippen LogP contribution in [-0.4, -0.2) is 26.4 Å². The van der Waals surface area contributed by atoms with Crippen molar-refractivity contribution in [1.29, 1.82) is 5.41 Å². The second-order valence-corrected chi connectivity index (χ2v) is 6.41. The summed E-state index contributed by atoms with van der Waals surface area (Å²) in [5.41, 5.74) is 2.39. The minimum Gasteiger partial charge on any atom is -0.508 e. The average molecular weight is 370 g/mol. The minimum atomic E-state index is -0.366. The number of benzene rings is 2. The number of hydrogen-bond donors (Lipinski definition) is 3. The second kappa shape index (κ2) is 6.48. The van der Waals surface area contributed by atoms with Gasteiger partial charge < -0.3 is 19.5 Å². The fourth-order valence-corrected chi connectivity index (χ4v) is 3.51. The van der Waals surface area contributed by atoms with Crippen LogP contribution in [0.15, 0.2) is 48.8 Å². The molecular formula is C19H16ClN3O3. The Morgan fingerprint density at radius 1 is 1.19 bits per heavy atom. The number of aromatic nitrogens is 2. The van der Waals surface area contributed by atoms with Crippen molar-refractivity contribution in [2.75, 3.05) is 6.61 Å². The number of phenols is 1. The molecule has 3 aromatic rings. The van der Waals surface area contributed by atoms with Gasteiger partial charge in [-0.2, -0.15) is 0 Å². The third-order valence-corrected chi connectivity index (χ3v) is 4.79. The molecule has 26 heavy (non-hydrogen) atoms. The Morgan fingerprint density at radius 3 is 2.77 bits per heavy atom. The average Bonchev–Trinajstić information content (AvgIpc) is 2.63. The Balaban J connectivity index is 2.02. The van der Waals surface area contributed by atoms with Crippen molar-refractivity contribution in [3.05, 3.63) is 76.0 Å². The number of phenolic OH excluding ortho intramolecular Hbond substituents is 1. The number of hydrogen-bond acceptors (Lipinski definition) is 5. The highest BCUT2D eigenvalue weighted by molar-refractivity contribution is 6.31. The van der Waals surface area contributed by atoms with Gasteiger partial charge in [0.25, 0.3) is 0 Å². The van der Waals surface area contributed by atoms with Crippen LogP contribution in [0, 0.1) is 5.41 Å². The van der Waals surface area contributed by atoms with Crippen molar-refractivity contribution in [3.63, 3.8) is 0 Å². The molecule has 0 radical (unpaired) electrons. The lowest BCUT2D eigenvalue weighted by Crippen LogP contribution is -2.30. The Labute approximate surface area is 154 Å². The predicted octanol–water partition coefficient (Wildman–Crippen LogP) is 3.00. The molecular weight excluding hydrogens is 354 g/mol. The molecule has 132 valence electrons. The Kier molecular flexibility index (Phi) is 4.14. The van der Waals surface area contributed by atoms with Crippen LogP contribution in [0.5, 0.6) is 17.4 Å². The fourth-order valence-electron chi connectivity index (χ4n) is 3.27. The number of aliphatic hydroxyl groups excluding tert-OH is 1. The van der Waals surface area contributed by atoms with Gasteiger partial charge in [0.2, 0.25) is 5.88 Å². The van der Waals surface area contributed by atoms with Gasteiger partial charge in [0.05, 0.1) is 12.2 Å². The van der Waals surface area contributed by atoms with Crippen molar-refractivity contribution in [2.45, 2.75) is 12.5 Å². The molecule has 7 heteroatoms. The summed E-state index contributed by atoms with van der Waals surface area (Å²) in [7, 11) is 0. The van der Waals surface area contributed by atoms with Crippen LogP contribution in [0.2, 0.25) is 5.02 Å². The summed E-state index contributed by atoms with van der Waals surface area (Å²) in [6.45, 7) is 0.163. The maximum absolute atomic E-state index is 9.82. The van der Waals surface area contributed by atoms with Crippen molar-refractivity contribution in [2.24, 2.45) is 0 Å². The number of halogens is 1. The molecule has 1 aliphatic heterocycles. The molecule has 0 spiro atoms. The second-order valence-electron chi connectivity index (χ2n) is 6.01. The number of nitrogens with one attached hydrogen (secondary N) is 1. The summed E-state index contributed by atoms with van der Waals surface area (Å²) in [6.07, 6.45) is 1.47. The monoisotopic (exact) mass is 369 g/mol. The SMILES string of the molecule is N=c1c2c(ncn1CCO)Oc1cc(O)ccc1[C@@H]2c1ccccc1Cl. The Bertz CT molecular complexity index is 1050. The van der Waals surface area contributed by atoms with E-state index in [0.29, 0.717) is 22.2 Å². The van der Waals surface area contributed by atoms with E-state index in [1.165, 1.54) is 12.4 Å². The summed E-state index contributed by atoms with van der Waals surface area (Å²) in [6, 6.07) is 12.3. The molecule has 0 fully saturated rings. The highest BCUT2D eigenvalue weighted by Gasteiger charge is 2.33. The fraction of sp³-hybridized carbons (Fsp3) is 0.158. The Morgan fingerprint density at radius 2 is 2.00 bits per heavy atom. The number of ether oxygens (including phenoxy) is 1. The van der Waals surface area contributed by atoms with Gasteiger partial charge in [-0.25, -0.2) is 4.98 Å². The molecule has 0 saturated carbocycles. The zero-order valence-corrected chi connectivity index (χ0v) is 14.4. The first-order valence-corrected chi connectivity index (χ1v) is 8.48. The smallest absolute Gasteiger partial charge is 0.228 e. The molecule has 0 unspecified atom stereocenters. The van der Waals surface area contributed by atoms with E-state index < -0.39 is 0 Å². The number of fused-ring (bicyclic) bond motifs is 2. The van der Waals surface area contributed by atoms with Gasteiger partial charge in [0.1, 0.15) is 23.3 Å². The first-order chi connectivity index (χ1) is 12.6. The van der Waals surface area contributed by atoms with Crippen LogP contribution < -0.4 is 10.2 Å². The molecule has 0 aliphatic carbocycles. The van der Waals surface area contributed by atoms with E-state index in [1.54, 1.807) is 22.8 Å². The van der Waals surface area contributed by atoms with Crippen LogP contribution >= 0.6 is 11.6 Å². The van der Waals surface area contributed by atoms with Crippen molar-refractivity contribution in [1.82, 2.24) is 9.55 Å². The first kappa shape index (κ1) is 16.6. The van der Waals surface area contributed by atoms with Crippen LogP contribution in [0.4, 0.5) is 0 Å². The minimum absolute atomic E-state index is 0.0856. The zero-order valence-electron chi connectivity index (χ0n) is 13.7. The van der Waals surface area contributed by atoms with Crippen LogP contribution in [0.25, 0.3) is 0 Å². The summed E-state index contributed by atoms with van der Waals surface area (Å²) < 4.78 is 7.42. The molecule has 0 amide bonds. The molecule has 2 heterocycles. The number of rotatable bonds is 3. The summed E-state index contributed by atoms with van der Waals surface area (Å²) in [4.78, 5) is 4.32. The van der Waals surface area contributed by atoms with E-state index in [2.05, 4.69) is 4.98 Å². The number of aromatic hydroxyl groups is 1. The quantitative estimate of drug-likeness (QED) is 0.517. The zero-order chi connectivity index (χ0) is 18.3. The number of aliphatic hydroxyl groups is 1. The largest absolute Gasteiger partial charge is 0.508 e. The van der Waals surface area contributed by atoms with E-state index in [4.69, 9.17) is 21.7 Å². The van der Waals surface area contributed by atoms with E-state index in [1.807, 2.05) is 18.2 Å². The molecule has 4 rings (SSSR count). The van der Waals surface area contributed by atoms with Crippen LogP contribution in [0.3, 0.4) is 0 Å². The van der Waals surface area contributed by atoms with Gasteiger partial charge in [-0.3, -0.25) is 5.41 Å². The highest BCUT2D eigenvalue weighted by Crippen LogP contribution is 2.47. The van der Waals surface area contributed by atoms with Crippen molar-refractivity contribution < 1.29 is 14.9 Å². The van der Waals surface area contributed by atoms with Gasteiger partial charge in [-0.05, 0) is 17.7 Å². The topological polar surface area (TPSA) is 91.4 Å². The first-order valence-electron chi connectivity index (χ1n) is 8.10. The Hall–Kier alpha value is -2.83. The van der Waals surface area contributed by atoms with E-state index in [0.717, 1.165) is 11.1 Å². The lowest BCUT2D eigenvalue weighted by atomic mass is 9.84. The van der Waals surface area contributed by atoms with Gasteiger partial charge in [0.15, 0.2) is 0 Å². The predicted molar refractivity (Wildman–Crippen MR) is 95.7 cm³/mol. The lowest BCUT2D eigenvalue weighted by molar-refractivity contribution is 0.271. The standard InChI is InChI=1S/C19H16ClN3O3/c20-14-4-2-1-3-12(14)16-13-6-5-11(25)9-15(13)26-19-17(16)18(21)23(7-8-24)10-22-19/h1-6,9-10,16,21,24-25H,7-8H2/t16-/m0/s1. The molecule has 1 atom stereocenters. The van der Waals surface area contributed by atoms with Gasteiger partial charge in [-0.1, -0.05) is 35.9 Å². The third-order valence-electron chi connectivity index (χ3n) is 4.45. The maximum Gasteiger partial charge on any atom is 0.228 e. The van der Waals surface area contributed by atoms with E-state index >= 15 is 0 Å². The number of nitrogens with zero attached hydrogens (tertiary/aromatic N) is 2. The molecule has 0 bridgehead atoms. The molecule has 1 aliphatic rings. The highest BCUT2D eigenvalue weighted by atomic mass is 35.5. The van der Waals surface area contributed by atoms with Crippen molar-refractivity contribution in [3.8, 4) is 17.4 Å². The lowest BCUT2D eigenvalue weighted by Gasteiger charge is -2.29. The molecule has 2 aromatic carbocycles. The third kappa shape index (κ3) is 2.64. The normalized spacial score (nSPS) is 15.1. The van der Waals surface area contributed by atoms with Crippen LogP contribution in [-0.2, 0) is 6.54 Å². The van der Waals surface area contributed by atoms with Gasteiger partial charge in [-0.15, -0.1) is 0 Å².